The molecule has 7 heteroatoms. The Kier molecular flexibility index (Phi) is 4.36. The Bertz CT molecular complexity index is 869. The van der Waals surface area contributed by atoms with Crippen molar-refractivity contribution in [3.05, 3.63) is 46.8 Å². The number of carbonyl (C=O) groups excluding carboxylic acids is 1. The van der Waals surface area contributed by atoms with Crippen molar-refractivity contribution < 1.29 is 4.79 Å². The van der Waals surface area contributed by atoms with Gasteiger partial charge in [0, 0.05) is 18.8 Å². The fourth-order valence-corrected chi connectivity index (χ4v) is 3.93. The second-order valence-electron chi connectivity index (χ2n) is 7.14. The highest BCUT2D eigenvalue weighted by Gasteiger charge is 2.24. The van der Waals surface area contributed by atoms with E-state index in [1.807, 2.05) is 4.68 Å². The van der Waals surface area contributed by atoms with Crippen LogP contribution >= 0.6 is 0 Å². The van der Waals surface area contributed by atoms with E-state index in [9.17, 15) is 4.79 Å². The summed E-state index contributed by atoms with van der Waals surface area (Å²) in [7, 11) is 0. The summed E-state index contributed by atoms with van der Waals surface area (Å²) in [6.07, 6.45) is 6.81. The van der Waals surface area contributed by atoms with E-state index < -0.39 is 5.91 Å². The molecule has 1 unspecified atom stereocenters. The third-order valence-electron chi connectivity index (χ3n) is 5.34. The number of hydrogen-bond donors (Lipinski definition) is 3. The Morgan fingerprint density at radius 3 is 3.00 bits per heavy atom. The van der Waals surface area contributed by atoms with E-state index in [1.165, 1.54) is 24.0 Å². The number of rotatable bonds is 4. The van der Waals surface area contributed by atoms with Crippen LogP contribution in [0.25, 0.3) is 0 Å². The number of benzene rings is 1. The average Bonchev–Trinajstić information content (AvgIpc) is 3.25. The number of fused-ring (bicyclic) bond motifs is 2. The van der Waals surface area contributed by atoms with E-state index in [1.54, 1.807) is 6.20 Å². The molecule has 1 aromatic heterocycles. The molecule has 2 aliphatic rings. The van der Waals surface area contributed by atoms with Gasteiger partial charge in [0.2, 0.25) is 0 Å². The zero-order chi connectivity index (χ0) is 18.1. The van der Waals surface area contributed by atoms with Crippen molar-refractivity contribution in [2.45, 2.75) is 38.6 Å². The molecule has 26 heavy (non-hydrogen) atoms. The molecule has 2 heterocycles. The first-order chi connectivity index (χ1) is 12.6. The van der Waals surface area contributed by atoms with Gasteiger partial charge in [0.15, 0.2) is 5.96 Å². The van der Waals surface area contributed by atoms with Gasteiger partial charge in [-0.1, -0.05) is 6.07 Å². The first kappa shape index (κ1) is 16.6. The van der Waals surface area contributed by atoms with Crippen LogP contribution in [0.3, 0.4) is 0 Å². The number of nitrogens with zero attached hydrogens (tertiary/aromatic N) is 3. The molecule has 2 aromatic rings. The van der Waals surface area contributed by atoms with Crippen LogP contribution in [-0.2, 0) is 25.8 Å². The summed E-state index contributed by atoms with van der Waals surface area (Å²) in [6, 6.07) is 6.40. The maximum atomic E-state index is 11.5. The fraction of sp³-hybridized carbons (Fsp3) is 0.421. The largest absolute Gasteiger partial charge is 0.370 e. The van der Waals surface area contributed by atoms with Crippen LogP contribution in [0, 0.1) is 5.92 Å². The van der Waals surface area contributed by atoms with Gasteiger partial charge < -0.3 is 16.8 Å². The fourth-order valence-electron chi connectivity index (χ4n) is 3.93. The van der Waals surface area contributed by atoms with Crippen molar-refractivity contribution in [2.75, 3.05) is 11.9 Å². The number of carbonyl (C=O) groups is 1. The lowest BCUT2D eigenvalue weighted by atomic mass is 9.94. The zero-order valence-electron chi connectivity index (χ0n) is 14.7. The number of aliphatic imine (C=N–C) groups is 1. The first-order valence-electron chi connectivity index (χ1n) is 9.13. The summed E-state index contributed by atoms with van der Waals surface area (Å²) in [5.41, 5.74) is 16.8. The average molecular weight is 352 g/mol. The van der Waals surface area contributed by atoms with Crippen molar-refractivity contribution in [3.8, 4) is 0 Å². The van der Waals surface area contributed by atoms with E-state index in [0.717, 1.165) is 37.2 Å². The van der Waals surface area contributed by atoms with Crippen LogP contribution in [0.5, 0.6) is 0 Å². The van der Waals surface area contributed by atoms with E-state index in [0.29, 0.717) is 24.0 Å². The van der Waals surface area contributed by atoms with Gasteiger partial charge in [-0.3, -0.25) is 14.5 Å². The molecule has 0 fully saturated rings. The van der Waals surface area contributed by atoms with Crippen LogP contribution in [-0.4, -0.2) is 28.2 Å². The normalized spacial score (nSPS) is 19.1. The third kappa shape index (κ3) is 3.29. The molecular weight excluding hydrogens is 328 g/mol. The Morgan fingerprint density at radius 1 is 1.31 bits per heavy atom. The molecule has 1 aliphatic carbocycles. The Labute approximate surface area is 152 Å². The van der Waals surface area contributed by atoms with Crippen LogP contribution in [0.2, 0.25) is 0 Å². The van der Waals surface area contributed by atoms with Crippen LogP contribution in [0.4, 0.5) is 5.69 Å². The second-order valence-corrected chi connectivity index (χ2v) is 7.14. The molecule has 0 radical (unpaired) electrons. The van der Waals surface area contributed by atoms with Gasteiger partial charge in [-0.2, -0.15) is 5.10 Å². The topological polar surface area (TPSA) is 111 Å². The number of nitrogens with one attached hydrogen (secondary N) is 1. The Morgan fingerprint density at radius 2 is 2.15 bits per heavy atom. The smallest absolute Gasteiger partial charge is 0.252 e. The van der Waals surface area contributed by atoms with Gasteiger partial charge in [-0.05, 0) is 61.3 Å². The summed E-state index contributed by atoms with van der Waals surface area (Å²) in [5.74, 6) is 0.336. The number of anilines is 1. The van der Waals surface area contributed by atoms with Gasteiger partial charge in [0.25, 0.3) is 5.91 Å². The summed E-state index contributed by atoms with van der Waals surface area (Å²) in [4.78, 5) is 16.0. The minimum atomic E-state index is -0.423. The van der Waals surface area contributed by atoms with Gasteiger partial charge in [0.1, 0.15) is 0 Å². The number of nitrogens with two attached hydrogens (primary N) is 2. The van der Waals surface area contributed by atoms with E-state index in [-0.39, 0.29) is 0 Å². The number of hydrogen-bond acceptors (Lipinski definition) is 3. The van der Waals surface area contributed by atoms with Gasteiger partial charge in [-0.25, -0.2) is 0 Å². The van der Waals surface area contributed by atoms with Crippen molar-refractivity contribution in [1.29, 1.82) is 0 Å². The molecule has 4 rings (SSSR count). The van der Waals surface area contributed by atoms with Gasteiger partial charge in [0.05, 0.1) is 17.5 Å². The maximum absolute atomic E-state index is 11.5. The highest BCUT2D eigenvalue weighted by molar-refractivity contribution is 5.94. The second kappa shape index (κ2) is 6.82. The number of guanidine groups is 1. The number of aromatic nitrogens is 2. The quantitative estimate of drug-likeness (QED) is 0.571. The lowest BCUT2D eigenvalue weighted by molar-refractivity contribution is 0.0998. The minimum absolute atomic E-state index is 0.331. The van der Waals surface area contributed by atoms with Crippen molar-refractivity contribution in [2.24, 2.45) is 22.4 Å². The molecule has 0 spiro atoms. The standard InChI is InChI=1S/C19H24N6O/c20-18(26)16-11-23-25-7-6-12(8-17(16)25)10-22-19(21)24-15-5-4-13-2-1-3-14(13)9-15/h4-5,9,11-12H,1-3,6-8,10H2,(H2,20,26)(H3,21,22,24). The molecule has 1 atom stereocenters. The summed E-state index contributed by atoms with van der Waals surface area (Å²) >= 11 is 0. The van der Waals surface area contributed by atoms with Crippen molar-refractivity contribution >= 4 is 17.6 Å². The Hall–Kier alpha value is -2.83. The first-order valence-corrected chi connectivity index (χ1v) is 9.13. The summed E-state index contributed by atoms with van der Waals surface area (Å²) < 4.78 is 1.87. The molecule has 136 valence electrons. The molecule has 5 N–H and O–H groups in total. The molecule has 0 bridgehead atoms. The molecule has 0 saturated heterocycles. The summed E-state index contributed by atoms with van der Waals surface area (Å²) in [6.45, 7) is 1.40. The van der Waals surface area contributed by atoms with Crippen molar-refractivity contribution in [1.82, 2.24) is 9.78 Å². The van der Waals surface area contributed by atoms with E-state index in [4.69, 9.17) is 11.5 Å². The third-order valence-corrected chi connectivity index (χ3v) is 5.34. The predicted octanol–water partition coefficient (Wildman–Crippen LogP) is 1.46. The number of primary amides is 1. The zero-order valence-corrected chi connectivity index (χ0v) is 14.7. The number of aryl methyl sites for hydroxylation is 3. The molecule has 7 nitrogen and oxygen atoms in total. The number of amides is 1. The monoisotopic (exact) mass is 352 g/mol. The minimum Gasteiger partial charge on any atom is -0.370 e. The SMILES string of the molecule is NC(=O)c1cnn2c1CC(CN=C(N)Nc1ccc3c(c1)CCC3)CC2. The molecular formula is C19H24N6O. The molecule has 1 aromatic carbocycles. The van der Waals surface area contributed by atoms with Crippen LogP contribution in [0.1, 0.15) is 40.0 Å². The predicted molar refractivity (Wildman–Crippen MR) is 101 cm³/mol. The van der Waals surface area contributed by atoms with Gasteiger partial charge in [-0.15, -0.1) is 0 Å². The van der Waals surface area contributed by atoms with Crippen LogP contribution in [0.15, 0.2) is 29.4 Å². The van der Waals surface area contributed by atoms with Crippen molar-refractivity contribution in [3.63, 3.8) is 0 Å². The highest BCUT2D eigenvalue weighted by atomic mass is 16.1. The van der Waals surface area contributed by atoms with Crippen LogP contribution < -0.4 is 16.8 Å². The highest BCUT2D eigenvalue weighted by Crippen LogP contribution is 2.25. The van der Waals surface area contributed by atoms with E-state index >= 15 is 0 Å². The molecule has 0 saturated carbocycles. The van der Waals surface area contributed by atoms with Gasteiger partial charge >= 0.3 is 0 Å². The molecule has 1 aliphatic heterocycles. The summed E-state index contributed by atoms with van der Waals surface area (Å²) in [5, 5.41) is 7.43. The molecule has 1 amide bonds. The lowest BCUT2D eigenvalue weighted by Gasteiger charge is -2.22. The Balaban J connectivity index is 1.38. The van der Waals surface area contributed by atoms with E-state index in [2.05, 4.69) is 33.6 Å². The lowest BCUT2D eigenvalue weighted by Crippen LogP contribution is -2.27. The maximum Gasteiger partial charge on any atom is 0.252 e.